The van der Waals surface area contributed by atoms with E-state index in [1.165, 1.54) is 18.4 Å². The molecule has 0 radical (unpaired) electrons. The largest absolute Gasteiger partial charge is 0.353 e. The van der Waals surface area contributed by atoms with Crippen molar-refractivity contribution in [3.8, 4) is 0 Å². The molecule has 2 heterocycles. The number of hydrogen-bond acceptors (Lipinski definition) is 2. The van der Waals surface area contributed by atoms with Crippen LogP contribution in [-0.4, -0.2) is 29.2 Å². The molecule has 0 unspecified atom stereocenters. The summed E-state index contributed by atoms with van der Waals surface area (Å²) in [5.41, 5.74) is 1.13. The van der Waals surface area contributed by atoms with Crippen molar-refractivity contribution in [3.05, 3.63) is 35.9 Å². The Morgan fingerprint density at radius 3 is 2.95 bits per heavy atom. The van der Waals surface area contributed by atoms with E-state index in [4.69, 9.17) is 4.74 Å². The van der Waals surface area contributed by atoms with Gasteiger partial charge in [0.2, 0.25) is 5.91 Å². The van der Waals surface area contributed by atoms with Crippen molar-refractivity contribution >= 4 is 5.91 Å². The lowest BCUT2D eigenvalue weighted by Gasteiger charge is -2.40. The lowest BCUT2D eigenvalue weighted by Crippen LogP contribution is -2.49. The van der Waals surface area contributed by atoms with Crippen molar-refractivity contribution in [2.45, 2.75) is 56.7 Å². The van der Waals surface area contributed by atoms with Gasteiger partial charge < -0.3 is 9.64 Å². The Labute approximate surface area is 126 Å². The van der Waals surface area contributed by atoms with E-state index in [1.54, 1.807) is 0 Å². The molecule has 1 spiro atoms. The number of ether oxygens (including phenoxy) is 1. The Morgan fingerprint density at radius 1 is 1.24 bits per heavy atom. The van der Waals surface area contributed by atoms with Crippen LogP contribution in [0.5, 0.6) is 0 Å². The summed E-state index contributed by atoms with van der Waals surface area (Å²) in [6.45, 7) is 0.731. The summed E-state index contributed by atoms with van der Waals surface area (Å²) in [5, 5.41) is 0. The van der Waals surface area contributed by atoms with Crippen LogP contribution >= 0.6 is 0 Å². The Hall–Kier alpha value is -1.35. The molecule has 3 atom stereocenters. The molecule has 2 aliphatic heterocycles. The minimum absolute atomic E-state index is 0.226. The first kappa shape index (κ1) is 13.3. The van der Waals surface area contributed by atoms with Gasteiger partial charge in [0.05, 0.1) is 12.6 Å². The first-order chi connectivity index (χ1) is 10.3. The molecule has 0 aromatic heterocycles. The third-order valence-electron chi connectivity index (χ3n) is 5.57. The maximum absolute atomic E-state index is 12.5. The third-order valence-corrected chi connectivity index (χ3v) is 5.57. The molecule has 1 aliphatic carbocycles. The van der Waals surface area contributed by atoms with Gasteiger partial charge in [0.1, 0.15) is 5.72 Å². The van der Waals surface area contributed by atoms with E-state index < -0.39 is 0 Å². The van der Waals surface area contributed by atoms with Crippen LogP contribution in [0.4, 0.5) is 0 Å². The molecule has 21 heavy (non-hydrogen) atoms. The van der Waals surface area contributed by atoms with E-state index in [1.807, 2.05) is 6.07 Å². The van der Waals surface area contributed by atoms with Crippen LogP contribution in [-0.2, 0) is 16.0 Å². The molecule has 1 aromatic rings. The van der Waals surface area contributed by atoms with E-state index >= 15 is 0 Å². The molecule has 0 N–H and O–H groups in total. The number of aryl methyl sites for hydroxylation is 1. The minimum Gasteiger partial charge on any atom is -0.353 e. The van der Waals surface area contributed by atoms with Crippen molar-refractivity contribution < 1.29 is 9.53 Å². The monoisotopic (exact) mass is 285 g/mol. The fraction of sp³-hybridized carbons (Fsp3) is 0.611. The fourth-order valence-electron chi connectivity index (χ4n) is 4.58. The molecule has 0 bridgehead atoms. The van der Waals surface area contributed by atoms with Gasteiger partial charge in [-0.3, -0.25) is 4.79 Å². The molecule has 1 aromatic carbocycles. The smallest absolute Gasteiger partial charge is 0.225 e. The van der Waals surface area contributed by atoms with Gasteiger partial charge in [-0.2, -0.15) is 0 Å². The van der Waals surface area contributed by atoms with E-state index in [0.717, 1.165) is 32.3 Å². The maximum Gasteiger partial charge on any atom is 0.225 e. The van der Waals surface area contributed by atoms with Gasteiger partial charge in [-0.1, -0.05) is 36.8 Å². The highest BCUT2D eigenvalue weighted by atomic mass is 16.5. The van der Waals surface area contributed by atoms with Gasteiger partial charge in [0.15, 0.2) is 0 Å². The number of nitrogens with zero attached hydrogens (tertiary/aromatic N) is 1. The van der Waals surface area contributed by atoms with E-state index in [9.17, 15) is 4.79 Å². The maximum atomic E-state index is 12.5. The molecule has 112 valence electrons. The fourth-order valence-corrected chi connectivity index (χ4v) is 4.58. The predicted molar refractivity (Wildman–Crippen MR) is 80.7 cm³/mol. The lowest BCUT2D eigenvalue weighted by molar-refractivity contribution is -0.146. The molecule has 4 rings (SSSR count). The van der Waals surface area contributed by atoms with Crippen LogP contribution in [0, 0.1) is 5.92 Å². The van der Waals surface area contributed by atoms with Gasteiger partial charge >= 0.3 is 0 Å². The molecule has 2 saturated heterocycles. The van der Waals surface area contributed by atoms with Crippen LogP contribution in [0.2, 0.25) is 0 Å². The van der Waals surface area contributed by atoms with Crippen molar-refractivity contribution in [3.63, 3.8) is 0 Å². The molecule has 1 amide bonds. The zero-order valence-corrected chi connectivity index (χ0v) is 12.5. The number of benzene rings is 1. The summed E-state index contributed by atoms with van der Waals surface area (Å²) in [6, 6.07) is 10.8. The lowest BCUT2D eigenvalue weighted by atomic mass is 9.82. The van der Waals surface area contributed by atoms with E-state index in [2.05, 4.69) is 29.2 Å². The number of carbonyl (C=O) groups is 1. The second kappa shape index (κ2) is 5.13. The van der Waals surface area contributed by atoms with Crippen LogP contribution in [0.15, 0.2) is 30.3 Å². The molecule has 3 aliphatic rings. The molecular weight excluding hydrogens is 262 g/mol. The van der Waals surface area contributed by atoms with Gasteiger partial charge in [-0.05, 0) is 37.7 Å². The summed E-state index contributed by atoms with van der Waals surface area (Å²) in [4.78, 5) is 14.6. The van der Waals surface area contributed by atoms with E-state index in [0.29, 0.717) is 18.2 Å². The van der Waals surface area contributed by atoms with Gasteiger partial charge in [0, 0.05) is 12.3 Å². The third kappa shape index (κ3) is 2.10. The Balaban J connectivity index is 1.49. The van der Waals surface area contributed by atoms with Crippen LogP contribution in [0.3, 0.4) is 0 Å². The SMILES string of the molecule is O=C1C[C@@H]2CCCC[C@@]23OC[C@H](CCc2ccccc2)N13. The number of rotatable bonds is 3. The molecule has 3 heteroatoms. The summed E-state index contributed by atoms with van der Waals surface area (Å²) in [7, 11) is 0. The van der Waals surface area contributed by atoms with Gasteiger partial charge in [-0.15, -0.1) is 0 Å². The summed E-state index contributed by atoms with van der Waals surface area (Å²) < 4.78 is 6.24. The first-order valence-corrected chi connectivity index (χ1v) is 8.30. The highest BCUT2D eigenvalue weighted by Crippen LogP contribution is 2.51. The van der Waals surface area contributed by atoms with Crippen molar-refractivity contribution in [2.75, 3.05) is 6.61 Å². The van der Waals surface area contributed by atoms with Crippen molar-refractivity contribution in [1.82, 2.24) is 4.90 Å². The zero-order valence-electron chi connectivity index (χ0n) is 12.5. The zero-order chi connectivity index (χ0) is 14.3. The van der Waals surface area contributed by atoms with E-state index in [-0.39, 0.29) is 11.8 Å². The summed E-state index contributed by atoms with van der Waals surface area (Å²) in [5.74, 6) is 0.776. The Kier molecular flexibility index (Phi) is 3.26. The topological polar surface area (TPSA) is 29.5 Å². The minimum atomic E-state index is -0.226. The normalized spacial score (nSPS) is 34.9. The highest BCUT2D eigenvalue weighted by molar-refractivity contribution is 5.80. The number of carbonyl (C=O) groups excluding carboxylic acids is 1. The van der Waals surface area contributed by atoms with Crippen molar-refractivity contribution in [1.29, 1.82) is 0 Å². The van der Waals surface area contributed by atoms with Gasteiger partial charge in [-0.25, -0.2) is 0 Å². The Bertz CT molecular complexity index is 529. The van der Waals surface area contributed by atoms with Crippen molar-refractivity contribution in [2.24, 2.45) is 5.92 Å². The quantitative estimate of drug-likeness (QED) is 0.854. The first-order valence-electron chi connectivity index (χ1n) is 8.30. The summed E-state index contributed by atoms with van der Waals surface area (Å²) >= 11 is 0. The standard InChI is InChI=1S/C18H23NO2/c20-17-12-15-8-4-5-11-18(15)19(17)16(13-21-18)10-9-14-6-2-1-3-7-14/h1-3,6-7,15-16H,4-5,8-13H2/t15-,16-,18+/m0/s1. The Morgan fingerprint density at radius 2 is 2.10 bits per heavy atom. The molecule has 3 nitrogen and oxygen atoms in total. The van der Waals surface area contributed by atoms with Crippen LogP contribution in [0.25, 0.3) is 0 Å². The second-order valence-corrected chi connectivity index (χ2v) is 6.74. The van der Waals surface area contributed by atoms with Crippen LogP contribution < -0.4 is 0 Å². The predicted octanol–water partition coefficient (Wildman–Crippen LogP) is 3.14. The average Bonchev–Trinajstić information content (AvgIpc) is 3.01. The number of amides is 1. The summed E-state index contributed by atoms with van der Waals surface area (Å²) in [6.07, 6.45) is 7.42. The molecular formula is C18H23NO2. The molecule has 1 saturated carbocycles. The van der Waals surface area contributed by atoms with Crippen LogP contribution in [0.1, 0.15) is 44.1 Å². The number of hydrogen-bond donors (Lipinski definition) is 0. The average molecular weight is 285 g/mol. The van der Waals surface area contributed by atoms with Gasteiger partial charge in [0.25, 0.3) is 0 Å². The second-order valence-electron chi connectivity index (χ2n) is 6.74. The highest BCUT2D eigenvalue weighted by Gasteiger charge is 2.60. The molecule has 3 fully saturated rings.